The first kappa shape index (κ1) is 16.4. The molecule has 0 bridgehead atoms. The molecule has 5 heteroatoms. The second-order valence-corrected chi connectivity index (χ2v) is 5.43. The summed E-state index contributed by atoms with van der Waals surface area (Å²) in [7, 11) is 0. The first-order valence-corrected chi connectivity index (χ1v) is 7.91. The Balaban J connectivity index is 1.63. The van der Waals surface area contributed by atoms with Gasteiger partial charge in [-0.25, -0.2) is 5.43 Å². The quantitative estimate of drug-likeness (QED) is 0.551. The molecule has 0 atom stereocenters. The third-order valence-corrected chi connectivity index (χ3v) is 3.70. The average Bonchev–Trinajstić information content (AvgIpc) is 3.04. The van der Waals surface area contributed by atoms with E-state index in [4.69, 9.17) is 0 Å². The summed E-state index contributed by atoms with van der Waals surface area (Å²) in [6, 6.07) is 19.6. The molecule has 5 nitrogen and oxygen atoms in total. The topological polar surface area (TPSA) is 70.1 Å². The molecule has 0 radical (unpaired) electrons. The lowest BCUT2D eigenvalue weighted by molar-refractivity contribution is 0.0949. The monoisotopic (exact) mass is 330 g/mol. The van der Waals surface area contributed by atoms with E-state index in [1.165, 1.54) is 6.21 Å². The predicted molar refractivity (Wildman–Crippen MR) is 100 cm³/mol. The van der Waals surface area contributed by atoms with Crippen molar-refractivity contribution in [2.75, 3.05) is 0 Å². The van der Waals surface area contributed by atoms with Crippen molar-refractivity contribution in [3.63, 3.8) is 0 Å². The number of allylic oxidation sites excluding steroid dienone is 1. The highest BCUT2D eigenvalue weighted by molar-refractivity contribution is 5.95. The van der Waals surface area contributed by atoms with Gasteiger partial charge in [0.15, 0.2) is 0 Å². The van der Waals surface area contributed by atoms with Gasteiger partial charge in [0, 0.05) is 17.3 Å². The fraction of sp³-hybridized carbons (Fsp3) is 0.0500. The van der Waals surface area contributed by atoms with Crippen molar-refractivity contribution in [2.24, 2.45) is 5.10 Å². The van der Waals surface area contributed by atoms with Crippen LogP contribution in [-0.2, 0) is 0 Å². The number of hydrazone groups is 1. The first-order valence-electron chi connectivity index (χ1n) is 7.91. The van der Waals surface area contributed by atoms with Gasteiger partial charge in [-0.2, -0.15) is 10.2 Å². The maximum Gasteiger partial charge on any atom is 0.289 e. The van der Waals surface area contributed by atoms with Crippen molar-refractivity contribution < 1.29 is 4.79 Å². The number of amides is 1. The molecule has 0 aliphatic heterocycles. The molecule has 1 heterocycles. The second kappa shape index (κ2) is 7.88. The summed E-state index contributed by atoms with van der Waals surface area (Å²) in [5, 5.41) is 11.0. The normalized spacial score (nSPS) is 11.2. The van der Waals surface area contributed by atoms with Crippen molar-refractivity contribution >= 4 is 18.2 Å². The van der Waals surface area contributed by atoms with Crippen molar-refractivity contribution in [2.45, 2.75) is 6.92 Å². The summed E-state index contributed by atoms with van der Waals surface area (Å²) in [5.74, 6) is -0.323. The third-order valence-electron chi connectivity index (χ3n) is 3.70. The van der Waals surface area contributed by atoms with Crippen molar-refractivity contribution in [3.8, 4) is 11.3 Å². The Morgan fingerprint density at radius 1 is 1.08 bits per heavy atom. The van der Waals surface area contributed by atoms with Gasteiger partial charge < -0.3 is 0 Å². The largest absolute Gasteiger partial charge is 0.289 e. The summed E-state index contributed by atoms with van der Waals surface area (Å²) in [5.41, 5.74) is 6.49. The number of hydrogen-bond acceptors (Lipinski definition) is 3. The Bertz CT molecular complexity index is 896. The zero-order chi connectivity index (χ0) is 17.5. The molecule has 0 unspecified atom stereocenters. The van der Waals surface area contributed by atoms with Crippen molar-refractivity contribution in [3.05, 3.63) is 83.6 Å². The van der Waals surface area contributed by atoms with Crippen LogP contribution >= 0.6 is 0 Å². The summed E-state index contributed by atoms with van der Waals surface area (Å²) < 4.78 is 0. The van der Waals surface area contributed by atoms with Gasteiger partial charge >= 0.3 is 0 Å². The Hall–Kier alpha value is -3.47. The molecule has 0 aliphatic carbocycles. The fourth-order valence-electron chi connectivity index (χ4n) is 2.41. The number of hydrogen-bond donors (Lipinski definition) is 2. The van der Waals surface area contributed by atoms with Gasteiger partial charge in [-0.3, -0.25) is 9.89 Å². The van der Waals surface area contributed by atoms with Gasteiger partial charge in [0.25, 0.3) is 5.91 Å². The van der Waals surface area contributed by atoms with Gasteiger partial charge in [-0.1, -0.05) is 66.7 Å². The van der Waals surface area contributed by atoms with E-state index in [0.29, 0.717) is 5.69 Å². The summed E-state index contributed by atoms with van der Waals surface area (Å²) in [6.45, 7) is 1.86. The molecule has 1 amide bonds. The maximum absolute atomic E-state index is 12.2. The highest BCUT2D eigenvalue weighted by Crippen LogP contribution is 2.22. The maximum atomic E-state index is 12.2. The number of carbonyl (C=O) groups excluding carboxylic acids is 1. The Kier molecular flexibility index (Phi) is 5.16. The van der Waals surface area contributed by atoms with Crippen LogP contribution in [0.2, 0.25) is 0 Å². The number of benzene rings is 2. The highest BCUT2D eigenvalue weighted by atomic mass is 16.2. The molecule has 124 valence electrons. The molecule has 1 aromatic heterocycles. The zero-order valence-electron chi connectivity index (χ0n) is 13.8. The number of H-pyrrole nitrogens is 1. The molecule has 3 rings (SSSR count). The van der Waals surface area contributed by atoms with E-state index < -0.39 is 0 Å². The van der Waals surface area contributed by atoms with Crippen LogP contribution in [0.4, 0.5) is 0 Å². The van der Waals surface area contributed by atoms with E-state index in [2.05, 4.69) is 20.7 Å². The second-order valence-electron chi connectivity index (χ2n) is 5.43. The molecule has 0 fully saturated rings. The molecular formula is C20H18N4O. The number of carbonyl (C=O) groups is 1. The Morgan fingerprint density at radius 2 is 1.76 bits per heavy atom. The van der Waals surface area contributed by atoms with Crippen molar-refractivity contribution in [1.82, 2.24) is 15.6 Å². The third kappa shape index (κ3) is 4.09. The Morgan fingerprint density at radius 3 is 2.48 bits per heavy atom. The minimum atomic E-state index is -0.323. The Labute approximate surface area is 146 Å². The summed E-state index contributed by atoms with van der Waals surface area (Å²) in [4.78, 5) is 12.2. The van der Waals surface area contributed by atoms with Crippen LogP contribution < -0.4 is 5.43 Å². The van der Waals surface area contributed by atoms with E-state index >= 15 is 0 Å². The van der Waals surface area contributed by atoms with Gasteiger partial charge in [0.05, 0.1) is 5.69 Å². The van der Waals surface area contributed by atoms with Crippen LogP contribution in [0.15, 0.2) is 71.8 Å². The molecule has 0 spiro atoms. The van der Waals surface area contributed by atoms with Crippen LogP contribution in [0.3, 0.4) is 0 Å². The van der Waals surface area contributed by atoms with Gasteiger partial charge in [-0.15, -0.1) is 0 Å². The van der Waals surface area contributed by atoms with Crippen LogP contribution in [0.5, 0.6) is 0 Å². The molecule has 0 aliphatic rings. The molecule has 2 N–H and O–H groups in total. The molecule has 2 aromatic carbocycles. The summed E-state index contributed by atoms with van der Waals surface area (Å²) in [6.07, 6.45) is 5.21. The van der Waals surface area contributed by atoms with Crippen LogP contribution in [-0.4, -0.2) is 22.3 Å². The highest BCUT2D eigenvalue weighted by Gasteiger charge is 2.16. The minimum absolute atomic E-state index is 0.323. The van der Waals surface area contributed by atoms with E-state index in [0.717, 1.165) is 22.4 Å². The van der Waals surface area contributed by atoms with Crippen molar-refractivity contribution in [1.29, 1.82) is 0 Å². The number of rotatable bonds is 5. The lowest BCUT2D eigenvalue weighted by Gasteiger charge is -1.99. The van der Waals surface area contributed by atoms with Crippen LogP contribution in [0.1, 0.15) is 21.6 Å². The van der Waals surface area contributed by atoms with Crippen LogP contribution in [0.25, 0.3) is 17.3 Å². The zero-order valence-corrected chi connectivity index (χ0v) is 13.8. The van der Waals surface area contributed by atoms with E-state index in [1.54, 1.807) is 6.08 Å². The minimum Gasteiger partial charge on any atom is -0.272 e. The van der Waals surface area contributed by atoms with Gasteiger partial charge in [-0.05, 0) is 18.6 Å². The predicted octanol–water partition coefficient (Wildman–Crippen LogP) is 3.81. The molecule has 0 saturated carbocycles. The lowest BCUT2D eigenvalue weighted by Crippen LogP contribution is -2.18. The van der Waals surface area contributed by atoms with E-state index in [9.17, 15) is 4.79 Å². The molecule has 0 saturated heterocycles. The van der Waals surface area contributed by atoms with E-state index in [-0.39, 0.29) is 5.91 Å². The fourth-order valence-corrected chi connectivity index (χ4v) is 2.41. The number of aromatic amines is 1. The molecule has 3 aromatic rings. The summed E-state index contributed by atoms with van der Waals surface area (Å²) >= 11 is 0. The van der Waals surface area contributed by atoms with E-state index in [1.807, 2.05) is 73.7 Å². The first-order chi connectivity index (χ1) is 12.3. The van der Waals surface area contributed by atoms with Gasteiger partial charge in [0.2, 0.25) is 0 Å². The number of nitrogens with zero attached hydrogens (tertiary/aromatic N) is 2. The smallest absolute Gasteiger partial charge is 0.272 e. The standard InChI is InChI=1S/C20H18N4O/c1-15-18(17-12-6-3-7-13-17)22-23-19(15)20(25)24-21-14-8-11-16-9-4-2-5-10-16/h2-14H,1H3,(H,22,23)(H,24,25)/b11-8+,21-14-. The number of aromatic nitrogens is 2. The number of nitrogens with one attached hydrogen (secondary N) is 2. The SMILES string of the molecule is Cc1c(-c2ccccc2)n[nH]c1C(=O)N/N=C\C=C\c1ccccc1. The lowest BCUT2D eigenvalue weighted by atomic mass is 10.1. The molecule has 25 heavy (non-hydrogen) atoms. The average molecular weight is 330 g/mol. The van der Waals surface area contributed by atoms with Gasteiger partial charge in [0.1, 0.15) is 5.69 Å². The van der Waals surface area contributed by atoms with Crippen LogP contribution in [0, 0.1) is 6.92 Å². The molecular weight excluding hydrogens is 312 g/mol.